The number of carbonyl (C=O) groups is 2. The maximum absolute atomic E-state index is 13.4. The lowest BCUT2D eigenvalue weighted by molar-refractivity contribution is -0.133. The normalized spacial score (nSPS) is 31.1. The van der Waals surface area contributed by atoms with Gasteiger partial charge in [0.2, 0.25) is 0 Å². The van der Waals surface area contributed by atoms with E-state index in [1.165, 1.54) is 10.6 Å². The molecule has 2 aliphatic heterocycles. The van der Waals surface area contributed by atoms with Gasteiger partial charge in [-0.1, -0.05) is 42.5 Å². The zero-order chi connectivity index (χ0) is 20.2. The molecule has 152 valence electrons. The van der Waals surface area contributed by atoms with Crippen LogP contribution in [0.5, 0.6) is 0 Å². The van der Waals surface area contributed by atoms with Crippen LogP contribution in [0.2, 0.25) is 0 Å². The van der Waals surface area contributed by atoms with Crippen molar-refractivity contribution >= 4 is 28.8 Å². The number of para-hydroxylation sites is 2. The van der Waals surface area contributed by atoms with Crippen LogP contribution in [0, 0.1) is 17.8 Å². The highest BCUT2D eigenvalue weighted by Crippen LogP contribution is 2.45. The van der Waals surface area contributed by atoms with E-state index in [1.807, 2.05) is 42.5 Å². The Labute approximate surface area is 173 Å². The van der Waals surface area contributed by atoms with Crippen molar-refractivity contribution in [3.63, 3.8) is 0 Å². The Balaban J connectivity index is 1.31. The molecule has 2 saturated heterocycles. The number of ketones is 1. The van der Waals surface area contributed by atoms with E-state index in [0.29, 0.717) is 24.1 Å². The third-order valence-corrected chi connectivity index (χ3v) is 6.83. The summed E-state index contributed by atoms with van der Waals surface area (Å²) in [4.78, 5) is 30.9. The van der Waals surface area contributed by atoms with Crippen LogP contribution in [0.3, 0.4) is 0 Å². The van der Waals surface area contributed by atoms with E-state index < -0.39 is 0 Å². The second-order valence-electron chi connectivity index (χ2n) is 8.46. The molecule has 7 nitrogen and oxygen atoms in total. The molecule has 30 heavy (non-hydrogen) atoms. The van der Waals surface area contributed by atoms with Gasteiger partial charge in [0.15, 0.2) is 5.58 Å². The average Bonchev–Trinajstić information content (AvgIpc) is 3.35. The van der Waals surface area contributed by atoms with Gasteiger partial charge in [0.25, 0.3) is 5.91 Å². The minimum Gasteiger partial charge on any atom is -0.422 e. The largest absolute Gasteiger partial charge is 0.422 e. The first-order valence-corrected chi connectivity index (χ1v) is 10.5. The fraction of sp³-hybridized carbons (Fsp3) is 0.348. The van der Waals surface area contributed by atoms with E-state index in [4.69, 9.17) is 4.42 Å². The summed E-state index contributed by atoms with van der Waals surface area (Å²) < 4.78 is 5.81. The van der Waals surface area contributed by atoms with Crippen molar-refractivity contribution < 1.29 is 14.0 Å². The van der Waals surface area contributed by atoms with Crippen LogP contribution < -0.4 is 15.8 Å². The molecule has 0 bridgehead atoms. The molecule has 3 heterocycles. The Kier molecular flexibility index (Phi) is 4.01. The highest BCUT2D eigenvalue weighted by Gasteiger charge is 2.54. The maximum Gasteiger partial charge on any atom is 0.320 e. The standard InChI is InChI=1S/C23H22N4O3/c28-18-11-14(13-6-2-1-3-7-13)10-15-16(18)12-24-21-20(15)22(29)27(26-21)23-25-17-8-4-5-9-19(17)30-23/h1-9,14-16,20-21,24,26H,10-12H2. The number of benzene rings is 2. The van der Waals surface area contributed by atoms with Crippen molar-refractivity contribution in [2.75, 3.05) is 11.6 Å². The van der Waals surface area contributed by atoms with E-state index in [0.717, 1.165) is 6.42 Å². The zero-order valence-electron chi connectivity index (χ0n) is 16.3. The lowest BCUT2D eigenvalue weighted by Crippen LogP contribution is -2.57. The van der Waals surface area contributed by atoms with Crippen molar-refractivity contribution in [2.24, 2.45) is 17.8 Å². The second kappa shape index (κ2) is 6.75. The van der Waals surface area contributed by atoms with Gasteiger partial charge in [-0.15, -0.1) is 0 Å². The minimum atomic E-state index is -0.325. The molecule has 1 aliphatic carbocycles. The van der Waals surface area contributed by atoms with Crippen molar-refractivity contribution in [1.29, 1.82) is 0 Å². The first-order chi connectivity index (χ1) is 14.7. The Morgan fingerprint density at radius 2 is 1.83 bits per heavy atom. The molecular weight excluding hydrogens is 380 g/mol. The van der Waals surface area contributed by atoms with E-state index in [2.05, 4.69) is 27.9 Å². The fourth-order valence-corrected chi connectivity index (χ4v) is 5.39. The van der Waals surface area contributed by atoms with Gasteiger partial charge in [-0.25, -0.2) is 5.43 Å². The van der Waals surface area contributed by atoms with Gasteiger partial charge < -0.3 is 4.42 Å². The number of anilines is 1. The van der Waals surface area contributed by atoms with Gasteiger partial charge >= 0.3 is 6.01 Å². The number of hydrogen-bond acceptors (Lipinski definition) is 6. The van der Waals surface area contributed by atoms with E-state index in [-0.39, 0.29) is 47.5 Å². The summed E-state index contributed by atoms with van der Waals surface area (Å²) in [7, 11) is 0. The third kappa shape index (κ3) is 2.69. The number of amides is 1. The summed E-state index contributed by atoms with van der Waals surface area (Å²) in [6.07, 6.45) is 1.15. The molecule has 2 aromatic carbocycles. The molecule has 1 amide bonds. The summed E-state index contributed by atoms with van der Waals surface area (Å²) in [5.41, 5.74) is 5.75. The number of nitrogens with zero attached hydrogens (tertiary/aromatic N) is 2. The number of aromatic nitrogens is 1. The van der Waals surface area contributed by atoms with Crippen molar-refractivity contribution in [1.82, 2.24) is 15.7 Å². The third-order valence-electron chi connectivity index (χ3n) is 6.83. The van der Waals surface area contributed by atoms with Crippen molar-refractivity contribution in [3.05, 3.63) is 60.2 Å². The number of piperidine rings is 1. The summed E-state index contributed by atoms with van der Waals surface area (Å²) in [5, 5.41) is 4.78. The predicted octanol–water partition coefficient (Wildman–Crippen LogP) is 2.60. The molecule has 0 spiro atoms. The van der Waals surface area contributed by atoms with Crippen LogP contribution in [0.15, 0.2) is 59.0 Å². The van der Waals surface area contributed by atoms with Crippen LogP contribution in [0.25, 0.3) is 11.1 Å². The van der Waals surface area contributed by atoms with Gasteiger partial charge in [0.05, 0.1) is 12.1 Å². The Morgan fingerprint density at radius 3 is 2.67 bits per heavy atom. The Bertz CT molecular complexity index is 1090. The van der Waals surface area contributed by atoms with E-state index in [9.17, 15) is 9.59 Å². The van der Waals surface area contributed by atoms with Crippen molar-refractivity contribution in [2.45, 2.75) is 24.9 Å². The summed E-state index contributed by atoms with van der Waals surface area (Å²) in [6.45, 7) is 0.591. The topological polar surface area (TPSA) is 87.5 Å². The SMILES string of the molecule is O=C1CC(c2ccccc2)CC2C1CNC1NN(c3nc4ccccc4o3)C(=O)C12. The number of carbonyl (C=O) groups excluding carboxylic acids is 2. The quantitative estimate of drug-likeness (QED) is 0.685. The van der Waals surface area contributed by atoms with Gasteiger partial charge in [-0.05, 0) is 36.0 Å². The first kappa shape index (κ1) is 17.8. The molecule has 3 fully saturated rings. The van der Waals surface area contributed by atoms with E-state index >= 15 is 0 Å². The average molecular weight is 402 g/mol. The molecule has 7 heteroatoms. The summed E-state index contributed by atoms with van der Waals surface area (Å²) in [6, 6.07) is 17.9. The Morgan fingerprint density at radius 1 is 1.03 bits per heavy atom. The molecule has 1 saturated carbocycles. The number of rotatable bonds is 2. The number of hydrogen-bond donors (Lipinski definition) is 2. The molecule has 1 aromatic heterocycles. The maximum atomic E-state index is 13.4. The van der Waals surface area contributed by atoms with E-state index in [1.54, 1.807) is 0 Å². The van der Waals surface area contributed by atoms with Gasteiger partial charge in [0.1, 0.15) is 11.3 Å². The van der Waals surface area contributed by atoms with Gasteiger partial charge in [0, 0.05) is 18.9 Å². The molecule has 2 N–H and O–H groups in total. The number of Topliss-reactive ketones (excluding diaryl/α,β-unsaturated/α-hetero) is 1. The Hall–Kier alpha value is -3.03. The van der Waals surface area contributed by atoms with Crippen LogP contribution in [0.1, 0.15) is 24.3 Å². The number of fused-ring (bicyclic) bond motifs is 4. The molecule has 5 atom stereocenters. The number of nitrogens with one attached hydrogen (secondary N) is 2. The fourth-order valence-electron chi connectivity index (χ4n) is 5.39. The molecule has 3 aliphatic rings. The van der Waals surface area contributed by atoms with Crippen molar-refractivity contribution in [3.8, 4) is 0 Å². The van der Waals surface area contributed by atoms with Crippen LogP contribution in [-0.4, -0.2) is 29.4 Å². The summed E-state index contributed by atoms with van der Waals surface area (Å²) >= 11 is 0. The van der Waals surface area contributed by atoms with Crippen LogP contribution >= 0.6 is 0 Å². The molecule has 6 rings (SSSR count). The second-order valence-corrected chi connectivity index (χ2v) is 8.46. The highest BCUT2D eigenvalue weighted by atomic mass is 16.4. The molecule has 5 unspecified atom stereocenters. The molecule has 0 radical (unpaired) electrons. The number of hydrazine groups is 1. The summed E-state index contributed by atoms with van der Waals surface area (Å²) in [5.74, 6) is -0.133. The predicted molar refractivity (Wildman–Crippen MR) is 110 cm³/mol. The minimum absolute atomic E-state index is 0.00270. The van der Waals surface area contributed by atoms with Gasteiger partial charge in [-0.3, -0.25) is 14.9 Å². The van der Waals surface area contributed by atoms with Crippen LogP contribution in [0.4, 0.5) is 6.01 Å². The van der Waals surface area contributed by atoms with Gasteiger partial charge in [-0.2, -0.15) is 9.99 Å². The zero-order valence-corrected chi connectivity index (χ0v) is 16.3. The molecular formula is C23H22N4O3. The highest BCUT2D eigenvalue weighted by molar-refractivity contribution is 5.97. The molecule has 3 aromatic rings. The lowest BCUT2D eigenvalue weighted by Gasteiger charge is -2.43. The smallest absolute Gasteiger partial charge is 0.320 e. The first-order valence-electron chi connectivity index (χ1n) is 10.5. The monoisotopic (exact) mass is 402 g/mol. The van der Waals surface area contributed by atoms with Crippen LogP contribution in [-0.2, 0) is 9.59 Å². The number of oxazole rings is 1. The lowest BCUT2D eigenvalue weighted by atomic mass is 9.64.